The molecule has 4 unspecified atom stereocenters. The molecule has 8 rings (SSSR count). The largest absolute Gasteiger partial charge is 0.502 e. The molecule has 6 bridgehead atoms. The SMILES string of the molecule is COc1ccc2cc1Oc1ccc(cc1)CC1c3cc(c(OC)cc3CC[N+]1(C)CCCCC(=O)O)Oc1c(O)c(OC)cc3c1C(C2)[N+](C)(CCCCC(=O)O)CC3. The Morgan fingerprint density at radius 3 is 1.85 bits per heavy atom. The van der Waals surface area contributed by atoms with Crippen molar-refractivity contribution in [2.24, 2.45) is 0 Å². The zero-order chi connectivity index (χ0) is 41.9. The smallest absolute Gasteiger partial charge is 0.303 e. The minimum Gasteiger partial charge on any atom is -0.502 e. The monoisotopic (exact) mass is 810 g/mol. The van der Waals surface area contributed by atoms with E-state index >= 15 is 0 Å². The number of quaternary nitrogens is 2. The molecule has 0 saturated heterocycles. The van der Waals surface area contributed by atoms with Crippen LogP contribution in [0.15, 0.2) is 60.7 Å². The van der Waals surface area contributed by atoms with Crippen LogP contribution in [0, 0.1) is 0 Å². The normalized spacial score (nSPS) is 21.8. The molecule has 0 saturated carbocycles. The van der Waals surface area contributed by atoms with Gasteiger partial charge in [0.2, 0.25) is 5.75 Å². The van der Waals surface area contributed by atoms with Crippen LogP contribution >= 0.6 is 0 Å². The highest BCUT2D eigenvalue weighted by Gasteiger charge is 2.44. The van der Waals surface area contributed by atoms with Crippen molar-refractivity contribution in [2.45, 2.75) is 76.3 Å². The van der Waals surface area contributed by atoms with E-state index in [0.717, 1.165) is 71.3 Å². The summed E-state index contributed by atoms with van der Waals surface area (Å²) in [4.78, 5) is 22.9. The van der Waals surface area contributed by atoms with E-state index in [-0.39, 0.29) is 30.7 Å². The summed E-state index contributed by atoms with van der Waals surface area (Å²) < 4.78 is 32.5. The number of unbranched alkanes of at least 4 members (excludes halogenated alkanes) is 2. The average Bonchev–Trinajstić information content (AvgIpc) is 3.21. The number of rotatable bonds is 13. The third-order valence-corrected chi connectivity index (χ3v) is 13.0. The number of carboxylic acid groups (broad SMARTS) is 2. The van der Waals surface area contributed by atoms with E-state index in [1.54, 1.807) is 21.3 Å². The number of methoxy groups -OCH3 is 3. The van der Waals surface area contributed by atoms with Gasteiger partial charge in [-0.1, -0.05) is 18.2 Å². The highest BCUT2D eigenvalue weighted by atomic mass is 16.5. The van der Waals surface area contributed by atoms with Gasteiger partial charge in [0.05, 0.1) is 67.2 Å². The van der Waals surface area contributed by atoms with Crippen molar-refractivity contribution in [1.82, 2.24) is 0 Å². The molecule has 0 aliphatic carbocycles. The van der Waals surface area contributed by atoms with Crippen LogP contribution in [0.2, 0.25) is 0 Å². The fourth-order valence-corrected chi connectivity index (χ4v) is 9.61. The Kier molecular flexibility index (Phi) is 12.3. The van der Waals surface area contributed by atoms with Gasteiger partial charge in [0.15, 0.2) is 34.5 Å². The second-order valence-corrected chi connectivity index (χ2v) is 16.9. The molecule has 0 spiro atoms. The number of benzene rings is 4. The summed E-state index contributed by atoms with van der Waals surface area (Å²) in [7, 11) is 9.29. The maximum Gasteiger partial charge on any atom is 0.303 e. The van der Waals surface area contributed by atoms with Gasteiger partial charge in [0, 0.05) is 44.1 Å². The molecule has 59 heavy (non-hydrogen) atoms. The molecule has 4 aromatic carbocycles. The van der Waals surface area contributed by atoms with Gasteiger partial charge in [-0.3, -0.25) is 9.59 Å². The molecule has 4 aliphatic rings. The Bertz CT molecular complexity index is 2190. The first-order chi connectivity index (χ1) is 28.3. The van der Waals surface area contributed by atoms with Crippen LogP contribution in [-0.4, -0.2) is 97.8 Å². The second kappa shape index (κ2) is 17.4. The van der Waals surface area contributed by atoms with E-state index in [2.05, 4.69) is 38.4 Å². The molecule has 4 heterocycles. The maximum absolute atomic E-state index is 12.1. The fourth-order valence-electron chi connectivity index (χ4n) is 9.61. The van der Waals surface area contributed by atoms with Crippen LogP contribution < -0.4 is 23.7 Å². The predicted molar refractivity (Wildman–Crippen MR) is 222 cm³/mol. The summed E-state index contributed by atoms with van der Waals surface area (Å²) >= 11 is 0. The summed E-state index contributed by atoms with van der Waals surface area (Å²) in [6.07, 6.45) is 5.68. The lowest BCUT2D eigenvalue weighted by atomic mass is 9.84. The Morgan fingerprint density at radius 2 is 1.22 bits per heavy atom. The number of likely N-dealkylation sites (N-methyl/N-ethyl adjacent to an activating group) is 2. The number of phenols is 1. The van der Waals surface area contributed by atoms with Gasteiger partial charge >= 0.3 is 11.9 Å². The van der Waals surface area contributed by atoms with Crippen LogP contribution in [0.4, 0.5) is 0 Å². The number of phenolic OH excluding ortho intramolecular Hbond substituents is 1. The Morgan fingerprint density at radius 1 is 0.661 bits per heavy atom. The summed E-state index contributed by atoms with van der Waals surface area (Å²) in [5.74, 6) is 1.86. The van der Waals surface area contributed by atoms with E-state index in [1.807, 2.05) is 36.4 Å². The van der Waals surface area contributed by atoms with Gasteiger partial charge in [-0.25, -0.2) is 0 Å². The first kappa shape index (κ1) is 41.7. The number of hydrogen-bond acceptors (Lipinski definition) is 8. The first-order valence-electron chi connectivity index (χ1n) is 20.7. The number of carboxylic acids is 2. The highest BCUT2D eigenvalue weighted by molar-refractivity contribution is 5.67. The Balaban J connectivity index is 1.43. The summed E-state index contributed by atoms with van der Waals surface area (Å²) in [6.45, 7) is 3.20. The van der Waals surface area contributed by atoms with Crippen LogP contribution in [0.5, 0.6) is 46.0 Å². The number of hydrogen-bond donors (Lipinski definition) is 3. The predicted octanol–water partition coefficient (Wildman–Crippen LogP) is 8.40. The first-order valence-corrected chi connectivity index (χ1v) is 20.7. The molecular weight excluding hydrogens is 753 g/mol. The van der Waals surface area contributed by atoms with Crippen LogP contribution in [0.25, 0.3) is 0 Å². The highest BCUT2D eigenvalue weighted by Crippen LogP contribution is 2.53. The standard InChI is InChI=1S/C47H56N2O10/c1-48(20-8-6-10-43(50)51)22-18-32-27-39(56-4)41-29-35(32)36(48)24-30-12-15-34(16-13-30)58-40-26-31(14-17-38(40)55-3)25-37-45-33(28-42(57-5)46(54)47(45)59-41)19-23-49(37,2)21-9-7-11-44(52)53/h12-17,26-29,36-37H,6-11,18-25H2,1-5H3,(H-2,50,51,52,53,54)/p+2. The lowest BCUT2D eigenvalue weighted by molar-refractivity contribution is -0.941. The average molecular weight is 811 g/mol. The Hall–Kier alpha value is -5.46. The molecule has 4 atom stereocenters. The van der Waals surface area contributed by atoms with Crippen molar-refractivity contribution in [3.63, 3.8) is 0 Å². The molecule has 12 nitrogen and oxygen atoms in total. The molecule has 0 fully saturated rings. The van der Waals surface area contributed by atoms with E-state index in [1.165, 1.54) is 5.56 Å². The van der Waals surface area contributed by atoms with Crippen LogP contribution in [0.1, 0.15) is 84.0 Å². The lowest BCUT2D eigenvalue weighted by Gasteiger charge is -2.47. The van der Waals surface area contributed by atoms with Crippen molar-refractivity contribution in [2.75, 3.05) is 61.6 Å². The van der Waals surface area contributed by atoms with Crippen molar-refractivity contribution in [3.05, 3.63) is 94.0 Å². The third-order valence-electron chi connectivity index (χ3n) is 13.0. The van der Waals surface area contributed by atoms with Crippen LogP contribution in [0.3, 0.4) is 0 Å². The summed E-state index contributed by atoms with van der Waals surface area (Å²) in [5.41, 5.74) is 6.32. The molecule has 0 aromatic heterocycles. The molecule has 0 radical (unpaired) electrons. The molecule has 12 heteroatoms. The van der Waals surface area contributed by atoms with E-state index < -0.39 is 11.9 Å². The molecule has 3 N–H and O–H groups in total. The molecule has 4 aromatic rings. The van der Waals surface area contributed by atoms with Gasteiger partial charge in [0.1, 0.15) is 17.8 Å². The lowest BCUT2D eigenvalue weighted by Crippen LogP contribution is -2.52. The number of fused-ring (bicyclic) bond motifs is 2. The van der Waals surface area contributed by atoms with E-state index in [0.29, 0.717) is 83.3 Å². The van der Waals surface area contributed by atoms with Crippen molar-refractivity contribution in [1.29, 1.82) is 0 Å². The summed E-state index contributed by atoms with van der Waals surface area (Å²) in [5, 5.41) is 30.9. The quantitative estimate of drug-likeness (QED) is 0.0891. The number of aliphatic carboxylic acids is 2. The fraction of sp³-hybridized carbons (Fsp3) is 0.447. The van der Waals surface area contributed by atoms with E-state index in [4.69, 9.17) is 23.7 Å². The zero-order valence-electron chi connectivity index (χ0n) is 34.9. The second-order valence-electron chi connectivity index (χ2n) is 16.9. The molecule has 0 amide bonds. The number of aromatic hydroxyl groups is 1. The van der Waals surface area contributed by atoms with E-state index in [9.17, 15) is 24.9 Å². The van der Waals surface area contributed by atoms with Gasteiger partial charge in [-0.2, -0.15) is 0 Å². The van der Waals surface area contributed by atoms with Crippen LogP contribution in [-0.2, 0) is 35.3 Å². The number of nitrogens with zero attached hydrogens (tertiary/aromatic N) is 2. The van der Waals surface area contributed by atoms with Gasteiger partial charge in [0.25, 0.3) is 0 Å². The Labute approximate surface area is 346 Å². The zero-order valence-corrected chi connectivity index (χ0v) is 34.9. The molecular formula is C47H58N2O10+2. The summed E-state index contributed by atoms with van der Waals surface area (Å²) in [6, 6.07) is 20.1. The molecule has 314 valence electrons. The molecule has 4 aliphatic heterocycles. The topological polar surface area (TPSA) is 141 Å². The minimum absolute atomic E-state index is 0.00518. The van der Waals surface area contributed by atoms with Crippen molar-refractivity contribution in [3.8, 4) is 46.0 Å². The number of carbonyl (C=O) groups is 2. The number of ether oxygens (including phenoxy) is 5. The van der Waals surface area contributed by atoms with Crippen molar-refractivity contribution >= 4 is 11.9 Å². The third kappa shape index (κ3) is 8.79. The van der Waals surface area contributed by atoms with Crippen molar-refractivity contribution < 1.29 is 57.6 Å². The maximum atomic E-state index is 12.1. The minimum atomic E-state index is -0.806. The van der Waals surface area contributed by atoms with Gasteiger partial charge in [-0.05, 0) is 90.4 Å². The van der Waals surface area contributed by atoms with Gasteiger partial charge in [-0.15, -0.1) is 0 Å². The van der Waals surface area contributed by atoms with Gasteiger partial charge < -0.3 is 48.0 Å².